The molecule has 6 heteroatoms. The number of aliphatic carboxylic acids is 1. The van der Waals surface area contributed by atoms with Gasteiger partial charge in [0.2, 0.25) is 0 Å². The van der Waals surface area contributed by atoms with Crippen LogP contribution in [0, 0.1) is 6.92 Å². The number of aromatic nitrogens is 1. The van der Waals surface area contributed by atoms with Crippen LogP contribution in [0.1, 0.15) is 37.9 Å². The maximum atomic E-state index is 12.9. The van der Waals surface area contributed by atoms with Gasteiger partial charge in [-0.15, -0.1) is 0 Å². The molecule has 0 unspecified atom stereocenters. The van der Waals surface area contributed by atoms with Crippen molar-refractivity contribution in [2.45, 2.75) is 45.0 Å². The van der Waals surface area contributed by atoms with E-state index in [0.29, 0.717) is 10.6 Å². The molecule has 1 fully saturated rings. The Morgan fingerprint density at radius 1 is 1.42 bits per heavy atom. The van der Waals surface area contributed by atoms with Crippen LogP contribution in [0.4, 0.5) is 8.78 Å². The minimum absolute atomic E-state index is 0.151. The Kier molecular flexibility index (Phi) is 4.50. The Morgan fingerprint density at radius 3 is 2.32 bits per heavy atom. The molecule has 1 aromatic heterocycles. The predicted octanol–water partition coefficient (Wildman–Crippen LogP) is 3.82. The Labute approximate surface area is 115 Å². The van der Waals surface area contributed by atoms with E-state index in [1.54, 1.807) is 6.92 Å². The van der Waals surface area contributed by atoms with E-state index in [4.69, 9.17) is 16.7 Å². The lowest BCUT2D eigenvalue weighted by molar-refractivity contribution is -0.174. The largest absolute Gasteiger partial charge is 0.481 e. The number of carboxylic acids is 1. The topological polar surface area (TPSA) is 50.2 Å². The number of halogens is 3. The maximum absolute atomic E-state index is 12.9. The summed E-state index contributed by atoms with van der Waals surface area (Å²) in [4.78, 5) is 15.1. The predicted molar refractivity (Wildman–Crippen MR) is 68.8 cm³/mol. The highest BCUT2D eigenvalue weighted by atomic mass is 35.5. The van der Waals surface area contributed by atoms with Crippen molar-refractivity contribution in [2.75, 3.05) is 0 Å². The summed E-state index contributed by atoms with van der Waals surface area (Å²) in [5.41, 5.74) is -0.788. The summed E-state index contributed by atoms with van der Waals surface area (Å²) < 4.78 is 25.9. The minimum atomic E-state index is -2.92. The van der Waals surface area contributed by atoms with Gasteiger partial charge in [0.05, 0.1) is 10.7 Å². The molecule has 0 amide bonds. The van der Waals surface area contributed by atoms with Gasteiger partial charge < -0.3 is 5.11 Å². The molecule has 1 heterocycles. The van der Waals surface area contributed by atoms with Gasteiger partial charge in [-0.2, -0.15) is 0 Å². The number of alkyl halides is 2. The van der Waals surface area contributed by atoms with Crippen LogP contribution in [0.25, 0.3) is 0 Å². The molecule has 0 aliphatic heterocycles. The van der Waals surface area contributed by atoms with Gasteiger partial charge in [0.1, 0.15) is 5.41 Å². The van der Waals surface area contributed by atoms with Gasteiger partial charge in [0.25, 0.3) is 5.92 Å². The fraction of sp³-hybridized carbons (Fsp3) is 0.538. The molecule has 2 rings (SSSR count). The molecule has 106 valence electrons. The number of pyridine rings is 1. The van der Waals surface area contributed by atoms with Crippen LogP contribution in [0.5, 0.6) is 0 Å². The molecule has 0 atom stereocenters. The van der Waals surface area contributed by atoms with Crippen molar-refractivity contribution in [3.63, 3.8) is 0 Å². The Morgan fingerprint density at radius 2 is 1.95 bits per heavy atom. The second kappa shape index (κ2) is 5.41. The van der Waals surface area contributed by atoms with Crippen LogP contribution in [-0.4, -0.2) is 22.0 Å². The third-order valence-corrected chi connectivity index (χ3v) is 3.46. The summed E-state index contributed by atoms with van der Waals surface area (Å²) in [5, 5.41) is 9.51. The summed E-state index contributed by atoms with van der Waals surface area (Å²) in [5.74, 6) is -4.19. The van der Waals surface area contributed by atoms with Gasteiger partial charge in [0.15, 0.2) is 0 Å². The minimum Gasteiger partial charge on any atom is -0.481 e. The third kappa shape index (κ3) is 2.86. The average molecular weight is 292 g/mol. The van der Waals surface area contributed by atoms with Crippen molar-refractivity contribution in [3.05, 3.63) is 28.5 Å². The first kappa shape index (κ1) is 15.8. The summed E-state index contributed by atoms with van der Waals surface area (Å²) in [6, 6.07) is 1.46. The molecule has 0 spiro atoms. The standard InChI is InChI=1S/C11H10ClF2NO2.C2H6/c1-6-2-8(15-3-7(6)12)10(9(16)17)4-11(13,14)5-10;1-2/h2-3H,4-5H2,1H3,(H,16,17);1-2H3. The molecule has 0 bridgehead atoms. The fourth-order valence-electron chi connectivity index (χ4n) is 2.07. The maximum Gasteiger partial charge on any atom is 0.316 e. The normalized spacial score (nSPS) is 18.8. The first-order valence-electron chi connectivity index (χ1n) is 6.01. The van der Waals surface area contributed by atoms with E-state index in [-0.39, 0.29) is 5.69 Å². The van der Waals surface area contributed by atoms with Crippen molar-refractivity contribution in [1.29, 1.82) is 0 Å². The van der Waals surface area contributed by atoms with Gasteiger partial charge in [0, 0.05) is 19.0 Å². The zero-order valence-electron chi connectivity index (χ0n) is 11.0. The lowest BCUT2D eigenvalue weighted by Crippen LogP contribution is -2.54. The van der Waals surface area contributed by atoms with E-state index < -0.39 is 30.1 Å². The third-order valence-electron chi connectivity index (χ3n) is 3.07. The SMILES string of the molecule is CC.Cc1cc(C2(C(=O)O)CC(F)(F)C2)ncc1Cl. The zero-order valence-corrected chi connectivity index (χ0v) is 11.8. The number of hydrogen-bond acceptors (Lipinski definition) is 2. The lowest BCUT2D eigenvalue weighted by atomic mass is 9.63. The van der Waals surface area contributed by atoms with Crippen LogP contribution in [0.15, 0.2) is 12.3 Å². The van der Waals surface area contributed by atoms with E-state index >= 15 is 0 Å². The Bertz CT molecular complexity index is 484. The number of nitrogens with zero attached hydrogens (tertiary/aromatic N) is 1. The van der Waals surface area contributed by atoms with Crippen molar-refractivity contribution >= 4 is 17.6 Å². The van der Waals surface area contributed by atoms with Crippen LogP contribution in [0.3, 0.4) is 0 Å². The number of aryl methyl sites for hydroxylation is 1. The van der Waals surface area contributed by atoms with Crippen molar-refractivity contribution < 1.29 is 18.7 Å². The highest BCUT2D eigenvalue weighted by Gasteiger charge is 2.63. The molecule has 0 saturated heterocycles. The molecule has 3 nitrogen and oxygen atoms in total. The highest BCUT2D eigenvalue weighted by molar-refractivity contribution is 6.31. The Hall–Kier alpha value is -1.23. The summed E-state index contributed by atoms with van der Waals surface area (Å²) in [7, 11) is 0. The molecular formula is C13H16ClF2NO2. The molecule has 1 aliphatic carbocycles. The number of rotatable bonds is 2. The molecule has 1 aliphatic rings. The van der Waals surface area contributed by atoms with Gasteiger partial charge in [-0.3, -0.25) is 9.78 Å². The van der Waals surface area contributed by atoms with Gasteiger partial charge in [-0.25, -0.2) is 8.78 Å². The smallest absolute Gasteiger partial charge is 0.316 e. The van der Waals surface area contributed by atoms with E-state index in [1.165, 1.54) is 12.3 Å². The van der Waals surface area contributed by atoms with Gasteiger partial charge in [-0.1, -0.05) is 25.4 Å². The van der Waals surface area contributed by atoms with E-state index in [9.17, 15) is 13.6 Å². The molecule has 1 saturated carbocycles. The van der Waals surface area contributed by atoms with Gasteiger partial charge in [-0.05, 0) is 18.6 Å². The summed E-state index contributed by atoms with van der Waals surface area (Å²) in [6.07, 6.45) is -0.111. The van der Waals surface area contributed by atoms with E-state index in [1.807, 2.05) is 13.8 Å². The van der Waals surface area contributed by atoms with Crippen molar-refractivity contribution in [3.8, 4) is 0 Å². The first-order chi connectivity index (χ1) is 8.77. The van der Waals surface area contributed by atoms with E-state index in [0.717, 1.165) is 0 Å². The van der Waals surface area contributed by atoms with Gasteiger partial charge >= 0.3 is 5.97 Å². The van der Waals surface area contributed by atoms with Crippen molar-refractivity contribution in [1.82, 2.24) is 4.98 Å². The van der Waals surface area contributed by atoms with Crippen LogP contribution >= 0.6 is 11.6 Å². The second-order valence-electron chi connectivity index (χ2n) is 4.42. The molecule has 1 N–H and O–H groups in total. The molecular weight excluding hydrogens is 276 g/mol. The zero-order chi connectivity index (χ0) is 14.8. The quantitative estimate of drug-likeness (QED) is 0.901. The lowest BCUT2D eigenvalue weighted by Gasteiger charge is -2.43. The van der Waals surface area contributed by atoms with Crippen LogP contribution < -0.4 is 0 Å². The molecule has 19 heavy (non-hydrogen) atoms. The van der Waals surface area contributed by atoms with Crippen LogP contribution in [-0.2, 0) is 10.2 Å². The number of carboxylic acid groups (broad SMARTS) is 1. The van der Waals surface area contributed by atoms with E-state index in [2.05, 4.69) is 4.98 Å². The van der Waals surface area contributed by atoms with Crippen LogP contribution in [0.2, 0.25) is 5.02 Å². The molecule has 1 aromatic rings. The number of carbonyl (C=O) groups is 1. The fourth-order valence-corrected chi connectivity index (χ4v) is 2.18. The summed E-state index contributed by atoms with van der Waals surface area (Å²) in [6.45, 7) is 5.68. The second-order valence-corrected chi connectivity index (χ2v) is 4.82. The summed E-state index contributed by atoms with van der Waals surface area (Å²) >= 11 is 5.77. The average Bonchev–Trinajstić information content (AvgIpc) is 2.31. The molecule has 0 aromatic carbocycles. The van der Waals surface area contributed by atoms with Crippen molar-refractivity contribution in [2.24, 2.45) is 0 Å². The first-order valence-corrected chi connectivity index (χ1v) is 6.38. The number of hydrogen-bond donors (Lipinski definition) is 1. The highest BCUT2D eigenvalue weighted by Crippen LogP contribution is 2.53. The monoisotopic (exact) mass is 291 g/mol. The Balaban J connectivity index is 0.000000861. The molecule has 0 radical (unpaired) electrons.